The molecule has 3 N–H and O–H groups in total. The molecular formula is C24H25N5O5S. The zero-order chi connectivity index (χ0) is 24.8. The Kier molecular flexibility index (Phi) is 7.66. The van der Waals surface area contributed by atoms with Gasteiger partial charge in [0.05, 0.1) is 10.9 Å². The molecule has 1 aliphatic rings. The van der Waals surface area contributed by atoms with Crippen LogP contribution in [0.1, 0.15) is 26.7 Å². The van der Waals surface area contributed by atoms with Gasteiger partial charge >= 0.3 is 0 Å². The molecular weight excluding hydrogens is 470 g/mol. The number of nitrogens with zero attached hydrogens (tertiary/aromatic N) is 2. The molecule has 0 bridgehead atoms. The van der Waals surface area contributed by atoms with Gasteiger partial charge in [-0.15, -0.1) is 10.2 Å². The number of benzene rings is 2. The number of aromatic nitrogens is 3. The van der Waals surface area contributed by atoms with Crippen molar-refractivity contribution < 1.29 is 19.1 Å². The molecule has 0 spiro atoms. The number of ether oxygens (including phenoxy) is 2. The summed E-state index contributed by atoms with van der Waals surface area (Å²) < 4.78 is 11.1. The van der Waals surface area contributed by atoms with E-state index in [2.05, 4.69) is 25.8 Å². The lowest BCUT2D eigenvalue weighted by Crippen LogP contribution is -2.26. The van der Waals surface area contributed by atoms with Crippen molar-refractivity contribution in [3.05, 3.63) is 52.8 Å². The molecule has 4 rings (SSSR count). The van der Waals surface area contributed by atoms with Gasteiger partial charge in [-0.25, -0.2) is 0 Å². The van der Waals surface area contributed by atoms with E-state index < -0.39 is 10.8 Å². The number of hydrogen-bond donors (Lipinski definition) is 3. The lowest BCUT2D eigenvalue weighted by Gasteiger charge is -2.19. The van der Waals surface area contributed by atoms with E-state index >= 15 is 0 Å². The number of carbonyl (C=O) groups is 2. The normalized spacial score (nSPS) is 13.1. The Hall–Kier alpha value is -3.86. The number of aromatic amines is 1. The first-order valence-corrected chi connectivity index (χ1v) is 12.1. The Balaban J connectivity index is 1.48. The minimum Gasteiger partial charge on any atom is -0.486 e. The third-order valence-electron chi connectivity index (χ3n) is 5.18. The first-order chi connectivity index (χ1) is 17.0. The average Bonchev–Trinajstić information content (AvgIpc) is 2.87. The number of amides is 2. The molecule has 182 valence electrons. The van der Waals surface area contributed by atoms with Crippen molar-refractivity contribution in [3.8, 4) is 22.8 Å². The van der Waals surface area contributed by atoms with Gasteiger partial charge in [0.2, 0.25) is 11.8 Å². The minimum absolute atomic E-state index is 0.0788. The van der Waals surface area contributed by atoms with E-state index in [9.17, 15) is 14.4 Å². The highest BCUT2D eigenvalue weighted by Gasteiger charge is 2.22. The quantitative estimate of drug-likeness (QED) is 0.404. The fourth-order valence-corrected chi connectivity index (χ4v) is 4.23. The SMILES string of the molecule is CCC(=O)Nc1ccccc1-c1nnc(SC(CC)C(=O)Nc2ccc3c(c2)OCCO3)[nH]c1=O. The molecule has 35 heavy (non-hydrogen) atoms. The molecule has 1 aliphatic heterocycles. The minimum atomic E-state index is -0.518. The van der Waals surface area contributed by atoms with Crippen LogP contribution in [0, 0.1) is 0 Å². The number of carbonyl (C=O) groups excluding carboxylic acids is 2. The maximum atomic E-state index is 12.9. The molecule has 0 saturated heterocycles. The highest BCUT2D eigenvalue weighted by Crippen LogP contribution is 2.33. The summed E-state index contributed by atoms with van der Waals surface area (Å²) in [4.78, 5) is 40.2. The zero-order valence-electron chi connectivity index (χ0n) is 19.3. The van der Waals surface area contributed by atoms with E-state index in [-0.39, 0.29) is 22.7 Å². The zero-order valence-corrected chi connectivity index (χ0v) is 20.1. The fraction of sp³-hybridized carbons (Fsp3) is 0.292. The first kappa shape index (κ1) is 24.3. The van der Waals surface area contributed by atoms with Crippen molar-refractivity contribution in [1.82, 2.24) is 15.2 Å². The van der Waals surface area contributed by atoms with Gasteiger partial charge in [-0.1, -0.05) is 43.8 Å². The lowest BCUT2D eigenvalue weighted by molar-refractivity contribution is -0.116. The molecule has 2 heterocycles. The third kappa shape index (κ3) is 5.80. The van der Waals surface area contributed by atoms with E-state index in [0.717, 1.165) is 11.8 Å². The molecule has 1 aromatic heterocycles. The predicted molar refractivity (Wildman–Crippen MR) is 133 cm³/mol. The summed E-state index contributed by atoms with van der Waals surface area (Å²) in [5.74, 6) is 0.799. The summed E-state index contributed by atoms with van der Waals surface area (Å²) in [6, 6.07) is 12.1. The molecule has 0 fully saturated rings. The van der Waals surface area contributed by atoms with E-state index in [1.807, 2.05) is 6.92 Å². The summed E-state index contributed by atoms with van der Waals surface area (Å²) in [7, 11) is 0. The van der Waals surface area contributed by atoms with Crippen LogP contribution >= 0.6 is 11.8 Å². The lowest BCUT2D eigenvalue weighted by atomic mass is 10.1. The molecule has 3 aromatic rings. The Morgan fingerprint density at radius 3 is 2.57 bits per heavy atom. The first-order valence-electron chi connectivity index (χ1n) is 11.2. The van der Waals surface area contributed by atoms with Crippen molar-refractivity contribution in [3.63, 3.8) is 0 Å². The number of fused-ring (bicyclic) bond motifs is 1. The second-order valence-corrected chi connectivity index (χ2v) is 8.81. The number of H-pyrrole nitrogens is 1. The second kappa shape index (κ2) is 11.0. The molecule has 1 unspecified atom stereocenters. The van der Waals surface area contributed by atoms with Gasteiger partial charge in [-0.2, -0.15) is 0 Å². The second-order valence-electron chi connectivity index (χ2n) is 7.62. The number of hydrogen-bond acceptors (Lipinski definition) is 8. The summed E-state index contributed by atoms with van der Waals surface area (Å²) in [6.07, 6.45) is 0.803. The van der Waals surface area contributed by atoms with Gasteiger partial charge in [-0.3, -0.25) is 19.4 Å². The molecule has 11 heteroatoms. The van der Waals surface area contributed by atoms with Crippen LogP contribution in [0.5, 0.6) is 11.5 Å². The van der Waals surface area contributed by atoms with Gasteiger partial charge < -0.3 is 20.1 Å². The van der Waals surface area contributed by atoms with Gasteiger partial charge in [0.25, 0.3) is 5.56 Å². The molecule has 2 amide bonds. The number of rotatable bonds is 8. The maximum absolute atomic E-state index is 12.9. The van der Waals surface area contributed by atoms with Crippen LogP contribution in [-0.4, -0.2) is 45.5 Å². The summed E-state index contributed by atoms with van der Waals surface area (Å²) in [5, 5.41) is 13.5. The standard InChI is InChI=1S/C24H25N5O5S/c1-3-19(22(31)25-14-9-10-17-18(13-14)34-12-11-33-17)35-24-27-23(32)21(28-29-24)15-7-5-6-8-16(15)26-20(30)4-2/h5-10,13,19H,3-4,11-12H2,1-2H3,(H,25,31)(H,26,30)(H,27,29,32). The van der Waals surface area contributed by atoms with Crippen LogP contribution in [0.15, 0.2) is 52.4 Å². The Labute approximate surface area is 205 Å². The van der Waals surface area contributed by atoms with Crippen LogP contribution in [0.25, 0.3) is 11.3 Å². The topological polar surface area (TPSA) is 135 Å². The molecule has 0 radical (unpaired) electrons. The van der Waals surface area contributed by atoms with Crippen molar-refractivity contribution in [2.75, 3.05) is 23.8 Å². The van der Waals surface area contributed by atoms with Crippen LogP contribution in [0.2, 0.25) is 0 Å². The van der Waals surface area contributed by atoms with Gasteiger partial charge in [0.1, 0.15) is 13.2 Å². The molecule has 2 aromatic carbocycles. The molecule has 0 saturated carbocycles. The van der Waals surface area contributed by atoms with E-state index in [1.165, 1.54) is 0 Å². The summed E-state index contributed by atoms with van der Waals surface area (Å²) in [5.41, 5.74) is 1.13. The summed E-state index contributed by atoms with van der Waals surface area (Å²) >= 11 is 1.11. The average molecular weight is 496 g/mol. The van der Waals surface area contributed by atoms with E-state index in [1.54, 1.807) is 49.4 Å². The largest absolute Gasteiger partial charge is 0.486 e. The maximum Gasteiger partial charge on any atom is 0.278 e. The highest BCUT2D eigenvalue weighted by molar-refractivity contribution is 8.00. The molecule has 10 nitrogen and oxygen atoms in total. The van der Waals surface area contributed by atoms with Crippen molar-refractivity contribution in [1.29, 1.82) is 0 Å². The highest BCUT2D eigenvalue weighted by atomic mass is 32.2. The van der Waals surface area contributed by atoms with Crippen molar-refractivity contribution in [2.24, 2.45) is 0 Å². The van der Waals surface area contributed by atoms with Crippen molar-refractivity contribution in [2.45, 2.75) is 37.1 Å². The number of para-hydroxylation sites is 1. The van der Waals surface area contributed by atoms with Gasteiger partial charge in [0, 0.05) is 23.7 Å². The van der Waals surface area contributed by atoms with Gasteiger partial charge in [0.15, 0.2) is 22.3 Å². The fourth-order valence-electron chi connectivity index (χ4n) is 3.39. The monoisotopic (exact) mass is 495 g/mol. The Bertz CT molecular complexity index is 1300. The Morgan fingerprint density at radius 1 is 1.06 bits per heavy atom. The van der Waals surface area contributed by atoms with Crippen LogP contribution in [0.4, 0.5) is 11.4 Å². The predicted octanol–water partition coefficient (Wildman–Crippen LogP) is 3.46. The summed E-state index contributed by atoms with van der Waals surface area (Å²) in [6.45, 7) is 4.55. The number of anilines is 2. The number of nitrogens with one attached hydrogen (secondary N) is 3. The Morgan fingerprint density at radius 2 is 1.83 bits per heavy atom. The van der Waals surface area contributed by atoms with Crippen LogP contribution in [-0.2, 0) is 9.59 Å². The molecule has 1 atom stereocenters. The number of thioether (sulfide) groups is 1. The van der Waals surface area contributed by atoms with Gasteiger partial charge in [-0.05, 0) is 24.6 Å². The van der Waals surface area contributed by atoms with Crippen molar-refractivity contribution >= 4 is 35.0 Å². The van der Waals surface area contributed by atoms with Crippen LogP contribution in [0.3, 0.4) is 0 Å². The van der Waals surface area contributed by atoms with E-state index in [0.29, 0.717) is 54.5 Å². The smallest absolute Gasteiger partial charge is 0.278 e. The third-order valence-corrected chi connectivity index (χ3v) is 6.42. The van der Waals surface area contributed by atoms with Crippen LogP contribution < -0.4 is 25.7 Å². The van der Waals surface area contributed by atoms with E-state index in [4.69, 9.17) is 9.47 Å². The molecule has 0 aliphatic carbocycles.